The summed E-state index contributed by atoms with van der Waals surface area (Å²) >= 11 is 0. The number of para-hydroxylation sites is 2. The summed E-state index contributed by atoms with van der Waals surface area (Å²) in [6.07, 6.45) is 0.945. The van der Waals surface area contributed by atoms with Gasteiger partial charge < -0.3 is 10.3 Å². The third kappa shape index (κ3) is 1.58. The molecular formula is C11H13N3O. The number of hydrogen-bond acceptors (Lipinski definition) is 2. The number of carbonyl (C=O) groups excluding carboxylic acids is 1. The number of primary amides is 1. The van der Waals surface area contributed by atoms with Gasteiger partial charge in [-0.1, -0.05) is 19.1 Å². The van der Waals surface area contributed by atoms with Gasteiger partial charge >= 0.3 is 0 Å². The molecule has 4 heteroatoms. The number of amides is 1. The number of rotatable bonds is 3. The van der Waals surface area contributed by atoms with E-state index in [4.69, 9.17) is 5.73 Å². The van der Waals surface area contributed by atoms with Gasteiger partial charge in [0.1, 0.15) is 0 Å². The molecule has 1 amide bonds. The van der Waals surface area contributed by atoms with E-state index in [2.05, 4.69) is 11.9 Å². The lowest BCUT2D eigenvalue weighted by molar-refractivity contribution is 0.0986. The molecule has 1 aromatic carbocycles. The van der Waals surface area contributed by atoms with Crippen molar-refractivity contribution in [1.29, 1.82) is 0 Å². The van der Waals surface area contributed by atoms with Gasteiger partial charge in [0.15, 0.2) is 5.82 Å². The lowest BCUT2D eigenvalue weighted by atomic mass is 10.3. The van der Waals surface area contributed by atoms with Crippen molar-refractivity contribution < 1.29 is 4.79 Å². The molecule has 2 aromatic rings. The Bertz CT molecular complexity index is 502. The van der Waals surface area contributed by atoms with Crippen LogP contribution in [0.5, 0.6) is 0 Å². The minimum Gasteiger partial charge on any atom is -0.363 e. The van der Waals surface area contributed by atoms with Crippen LogP contribution < -0.4 is 5.73 Å². The van der Waals surface area contributed by atoms with Gasteiger partial charge in [-0.25, -0.2) is 4.98 Å². The number of hydrogen-bond donors (Lipinski definition) is 1. The van der Waals surface area contributed by atoms with Crippen LogP contribution in [0.4, 0.5) is 0 Å². The van der Waals surface area contributed by atoms with Crippen molar-refractivity contribution >= 4 is 16.9 Å². The minimum atomic E-state index is -0.473. The Labute approximate surface area is 87.7 Å². The highest BCUT2D eigenvalue weighted by atomic mass is 16.1. The number of imidazole rings is 1. The fraction of sp³-hybridized carbons (Fsp3) is 0.273. The Morgan fingerprint density at radius 1 is 1.47 bits per heavy atom. The smallest absolute Gasteiger partial charge is 0.284 e. The Kier molecular flexibility index (Phi) is 2.41. The van der Waals surface area contributed by atoms with Crippen molar-refractivity contribution in [2.45, 2.75) is 19.9 Å². The molecule has 4 nitrogen and oxygen atoms in total. The van der Waals surface area contributed by atoms with E-state index in [0.717, 1.165) is 24.0 Å². The Hall–Kier alpha value is -1.84. The number of carbonyl (C=O) groups is 1. The molecule has 78 valence electrons. The second-order valence-electron chi connectivity index (χ2n) is 3.44. The molecular weight excluding hydrogens is 190 g/mol. The maximum absolute atomic E-state index is 11.2. The van der Waals surface area contributed by atoms with Crippen molar-refractivity contribution in [1.82, 2.24) is 9.55 Å². The van der Waals surface area contributed by atoms with E-state index < -0.39 is 5.91 Å². The highest BCUT2D eigenvalue weighted by Gasteiger charge is 2.13. The number of nitrogens with two attached hydrogens (primary N) is 1. The van der Waals surface area contributed by atoms with Crippen LogP contribution in [-0.2, 0) is 6.54 Å². The average Bonchev–Trinajstić information content (AvgIpc) is 2.58. The SMILES string of the molecule is CCCn1c(C(N)=O)nc2ccccc21. The van der Waals surface area contributed by atoms with E-state index in [9.17, 15) is 4.79 Å². The summed E-state index contributed by atoms with van der Waals surface area (Å²) in [5, 5.41) is 0. The Morgan fingerprint density at radius 2 is 2.20 bits per heavy atom. The summed E-state index contributed by atoms with van der Waals surface area (Å²) in [5.74, 6) is -0.127. The van der Waals surface area contributed by atoms with Crippen molar-refractivity contribution in [2.24, 2.45) is 5.73 Å². The summed E-state index contributed by atoms with van der Waals surface area (Å²) in [6.45, 7) is 2.82. The molecule has 15 heavy (non-hydrogen) atoms. The third-order valence-corrected chi connectivity index (χ3v) is 2.32. The van der Waals surface area contributed by atoms with E-state index in [1.54, 1.807) is 0 Å². The first kappa shape index (κ1) is 9.71. The molecule has 0 unspecified atom stereocenters. The fourth-order valence-corrected chi connectivity index (χ4v) is 1.71. The lowest BCUT2D eigenvalue weighted by Crippen LogP contribution is -2.18. The first-order valence-corrected chi connectivity index (χ1v) is 4.99. The van der Waals surface area contributed by atoms with Crippen molar-refractivity contribution in [2.75, 3.05) is 0 Å². The molecule has 0 fully saturated rings. The molecule has 1 aromatic heterocycles. The molecule has 1 heterocycles. The average molecular weight is 203 g/mol. The number of aryl methyl sites for hydroxylation is 1. The van der Waals surface area contributed by atoms with Crippen LogP contribution in [-0.4, -0.2) is 15.5 Å². The molecule has 2 rings (SSSR count). The highest BCUT2D eigenvalue weighted by molar-refractivity contribution is 5.93. The summed E-state index contributed by atoms with van der Waals surface area (Å²) in [4.78, 5) is 15.4. The van der Waals surface area contributed by atoms with Crippen molar-refractivity contribution in [3.8, 4) is 0 Å². The maximum Gasteiger partial charge on any atom is 0.284 e. The quantitative estimate of drug-likeness (QED) is 0.822. The zero-order valence-electron chi connectivity index (χ0n) is 8.60. The Balaban J connectivity index is 2.68. The maximum atomic E-state index is 11.2. The van der Waals surface area contributed by atoms with E-state index in [1.807, 2.05) is 28.8 Å². The second kappa shape index (κ2) is 3.73. The molecule has 0 aliphatic heterocycles. The molecule has 0 aliphatic rings. The molecule has 0 bridgehead atoms. The number of fused-ring (bicyclic) bond motifs is 1. The Morgan fingerprint density at radius 3 is 2.87 bits per heavy atom. The molecule has 0 saturated carbocycles. The molecule has 0 atom stereocenters. The zero-order valence-corrected chi connectivity index (χ0v) is 8.60. The molecule has 0 radical (unpaired) electrons. The fourth-order valence-electron chi connectivity index (χ4n) is 1.71. The summed E-state index contributed by atoms with van der Waals surface area (Å²) in [7, 11) is 0. The van der Waals surface area contributed by atoms with Crippen LogP contribution in [0.3, 0.4) is 0 Å². The summed E-state index contributed by atoms with van der Waals surface area (Å²) < 4.78 is 1.87. The van der Waals surface area contributed by atoms with E-state index in [0.29, 0.717) is 5.82 Å². The summed E-state index contributed by atoms with van der Waals surface area (Å²) in [6, 6.07) is 7.66. The standard InChI is InChI=1S/C11H13N3O/c1-2-7-14-9-6-4-3-5-8(9)13-11(14)10(12)15/h3-6H,2,7H2,1H3,(H2,12,15). The number of benzene rings is 1. The van der Waals surface area contributed by atoms with Gasteiger partial charge in [-0.2, -0.15) is 0 Å². The van der Waals surface area contributed by atoms with Crippen LogP contribution in [0.2, 0.25) is 0 Å². The topological polar surface area (TPSA) is 60.9 Å². The van der Waals surface area contributed by atoms with E-state index in [1.165, 1.54) is 0 Å². The van der Waals surface area contributed by atoms with Crippen LogP contribution >= 0.6 is 0 Å². The zero-order chi connectivity index (χ0) is 10.8. The number of nitrogens with zero attached hydrogens (tertiary/aromatic N) is 2. The second-order valence-corrected chi connectivity index (χ2v) is 3.44. The summed E-state index contributed by atoms with van der Waals surface area (Å²) in [5.41, 5.74) is 7.07. The van der Waals surface area contributed by atoms with Crippen LogP contribution in [0, 0.1) is 0 Å². The minimum absolute atomic E-state index is 0.345. The molecule has 2 N–H and O–H groups in total. The van der Waals surface area contributed by atoms with Gasteiger partial charge in [0, 0.05) is 6.54 Å². The normalized spacial score (nSPS) is 10.7. The van der Waals surface area contributed by atoms with Crippen LogP contribution in [0.15, 0.2) is 24.3 Å². The van der Waals surface area contributed by atoms with Crippen LogP contribution in [0.25, 0.3) is 11.0 Å². The van der Waals surface area contributed by atoms with Gasteiger partial charge in [-0.3, -0.25) is 4.79 Å². The monoisotopic (exact) mass is 203 g/mol. The van der Waals surface area contributed by atoms with Gasteiger partial charge in [0.2, 0.25) is 0 Å². The van der Waals surface area contributed by atoms with Gasteiger partial charge in [0.25, 0.3) is 5.91 Å². The van der Waals surface area contributed by atoms with Gasteiger partial charge in [-0.15, -0.1) is 0 Å². The third-order valence-electron chi connectivity index (χ3n) is 2.32. The van der Waals surface area contributed by atoms with E-state index in [-0.39, 0.29) is 0 Å². The lowest BCUT2D eigenvalue weighted by Gasteiger charge is -2.04. The first-order chi connectivity index (χ1) is 7.24. The largest absolute Gasteiger partial charge is 0.363 e. The predicted molar refractivity (Wildman–Crippen MR) is 58.5 cm³/mol. The first-order valence-electron chi connectivity index (χ1n) is 4.99. The van der Waals surface area contributed by atoms with Crippen molar-refractivity contribution in [3.05, 3.63) is 30.1 Å². The molecule has 0 aliphatic carbocycles. The van der Waals surface area contributed by atoms with E-state index >= 15 is 0 Å². The predicted octanol–water partition coefficient (Wildman–Crippen LogP) is 1.55. The van der Waals surface area contributed by atoms with Gasteiger partial charge in [-0.05, 0) is 18.6 Å². The van der Waals surface area contributed by atoms with Crippen LogP contribution in [0.1, 0.15) is 24.0 Å². The van der Waals surface area contributed by atoms with Crippen molar-refractivity contribution in [3.63, 3.8) is 0 Å². The molecule has 0 saturated heterocycles. The molecule has 0 spiro atoms. The highest BCUT2D eigenvalue weighted by Crippen LogP contribution is 2.15. The van der Waals surface area contributed by atoms with Gasteiger partial charge in [0.05, 0.1) is 11.0 Å². The number of aromatic nitrogens is 2.